The number of anilines is 2. The maximum Gasteiger partial charge on any atom is 0.420 e. The van der Waals surface area contributed by atoms with Gasteiger partial charge >= 0.3 is 6.09 Å². The molecule has 2 amide bonds. The van der Waals surface area contributed by atoms with Crippen LogP contribution in [-0.2, 0) is 4.79 Å². The molecule has 1 aromatic heterocycles. The number of hydrogen-bond acceptors (Lipinski definition) is 7. The van der Waals surface area contributed by atoms with Crippen molar-refractivity contribution >= 4 is 35.0 Å². The summed E-state index contributed by atoms with van der Waals surface area (Å²) < 4.78 is 10.9. The van der Waals surface area contributed by atoms with Gasteiger partial charge in [0, 0.05) is 50.8 Å². The van der Waals surface area contributed by atoms with Crippen LogP contribution in [-0.4, -0.2) is 60.8 Å². The first kappa shape index (κ1) is 22.9. The van der Waals surface area contributed by atoms with Gasteiger partial charge in [-0.2, -0.15) is 0 Å². The molecular weight excluding hydrogens is 458 g/mol. The lowest BCUT2D eigenvalue weighted by Crippen LogP contribution is -2.52. The number of rotatable bonds is 4. The van der Waals surface area contributed by atoms with Crippen molar-refractivity contribution in [1.82, 2.24) is 15.4 Å². The van der Waals surface area contributed by atoms with Gasteiger partial charge in [0.25, 0.3) is 5.88 Å². The fourth-order valence-electron chi connectivity index (χ4n) is 4.81. The quantitative estimate of drug-likeness (QED) is 0.708. The summed E-state index contributed by atoms with van der Waals surface area (Å²) in [6.07, 6.45) is 3.31. The lowest BCUT2D eigenvalue weighted by atomic mass is 9.97. The number of nitrogens with one attached hydrogen (secondary N) is 1. The Morgan fingerprint density at radius 2 is 1.97 bits per heavy atom. The first-order valence-electron chi connectivity index (χ1n) is 11.5. The monoisotopic (exact) mass is 485 g/mol. The van der Waals surface area contributed by atoms with Crippen molar-refractivity contribution in [3.05, 3.63) is 41.0 Å². The van der Waals surface area contributed by atoms with E-state index in [9.17, 15) is 9.59 Å². The highest BCUT2D eigenvalue weighted by Gasteiger charge is 2.38. The average Bonchev–Trinajstić information content (AvgIpc) is 3.54. The Bertz CT molecular complexity index is 1120. The third kappa shape index (κ3) is 4.31. The molecule has 34 heavy (non-hydrogen) atoms. The lowest BCUT2D eigenvalue weighted by Gasteiger charge is -2.40. The van der Waals surface area contributed by atoms with Crippen LogP contribution < -0.4 is 24.7 Å². The molecule has 0 radical (unpaired) electrons. The molecule has 3 heterocycles. The first-order valence-corrected chi connectivity index (χ1v) is 11.9. The third-order valence-corrected chi connectivity index (χ3v) is 6.80. The predicted molar refractivity (Wildman–Crippen MR) is 129 cm³/mol. The number of pyridine rings is 1. The summed E-state index contributed by atoms with van der Waals surface area (Å²) in [5.41, 5.74) is 5.95. The highest BCUT2D eigenvalue weighted by atomic mass is 35.5. The van der Waals surface area contributed by atoms with Crippen LogP contribution >= 0.6 is 11.6 Å². The molecule has 1 saturated heterocycles. The number of fused-ring (bicyclic) bond motifs is 1. The number of hydrazine groups is 1. The van der Waals surface area contributed by atoms with Crippen molar-refractivity contribution in [2.75, 3.05) is 36.5 Å². The van der Waals surface area contributed by atoms with Crippen LogP contribution in [0.4, 0.5) is 16.2 Å². The smallest absolute Gasteiger partial charge is 0.420 e. The van der Waals surface area contributed by atoms with E-state index in [-0.39, 0.29) is 23.6 Å². The Balaban J connectivity index is 1.47. The maximum atomic E-state index is 13.4. The van der Waals surface area contributed by atoms with E-state index in [0.717, 1.165) is 18.7 Å². The zero-order valence-corrected chi connectivity index (χ0v) is 20.2. The van der Waals surface area contributed by atoms with Crippen molar-refractivity contribution in [2.24, 2.45) is 0 Å². The van der Waals surface area contributed by atoms with Gasteiger partial charge in [-0.3, -0.25) is 15.1 Å². The van der Waals surface area contributed by atoms with Crippen molar-refractivity contribution in [3.63, 3.8) is 0 Å². The number of ether oxygens (including phenoxy) is 2. The summed E-state index contributed by atoms with van der Waals surface area (Å²) in [6.45, 7) is 5.51. The molecule has 0 spiro atoms. The van der Waals surface area contributed by atoms with E-state index in [1.165, 1.54) is 32.2 Å². The highest BCUT2D eigenvalue weighted by Crippen LogP contribution is 2.40. The Morgan fingerprint density at radius 3 is 2.68 bits per heavy atom. The summed E-state index contributed by atoms with van der Waals surface area (Å²) in [7, 11) is 1.45. The Hall–Kier alpha value is -2.88. The summed E-state index contributed by atoms with van der Waals surface area (Å²) in [5, 5.41) is 2.65. The molecule has 5 rings (SSSR count). The van der Waals surface area contributed by atoms with Gasteiger partial charge in [-0.25, -0.2) is 14.8 Å². The van der Waals surface area contributed by atoms with Crippen LogP contribution in [0.1, 0.15) is 38.2 Å². The van der Waals surface area contributed by atoms with Gasteiger partial charge in [-0.1, -0.05) is 17.7 Å². The van der Waals surface area contributed by atoms with Crippen LogP contribution in [0.15, 0.2) is 30.5 Å². The van der Waals surface area contributed by atoms with Gasteiger partial charge in [0.2, 0.25) is 5.91 Å². The van der Waals surface area contributed by atoms with Gasteiger partial charge < -0.3 is 14.4 Å². The normalized spacial score (nSPS) is 22.5. The molecule has 10 heteroatoms. The predicted octanol–water partition coefficient (Wildman–Crippen LogP) is 3.57. The van der Waals surface area contributed by atoms with E-state index in [4.69, 9.17) is 21.1 Å². The van der Waals surface area contributed by atoms with E-state index >= 15 is 0 Å². The molecule has 1 aromatic carbocycles. The van der Waals surface area contributed by atoms with Crippen molar-refractivity contribution in [1.29, 1.82) is 0 Å². The van der Waals surface area contributed by atoms with E-state index in [0.29, 0.717) is 34.9 Å². The third-order valence-electron chi connectivity index (χ3n) is 6.59. The number of carbonyl (C=O) groups excluding carboxylic acids is 2. The largest absolute Gasteiger partial charge is 0.478 e. The second-order valence-electron chi connectivity index (χ2n) is 9.07. The molecule has 2 atom stereocenters. The molecule has 1 saturated carbocycles. The molecule has 2 aromatic rings. The molecule has 1 N–H and O–H groups in total. The summed E-state index contributed by atoms with van der Waals surface area (Å²) in [6, 6.07) is 7.90. The minimum atomic E-state index is -0.583. The van der Waals surface area contributed by atoms with Crippen molar-refractivity contribution in [2.45, 2.75) is 44.7 Å². The number of amides is 2. The number of methoxy groups -OCH3 is 1. The Morgan fingerprint density at radius 1 is 1.18 bits per heavy atom. The fraction of sp³-hybridized carbons (Fsp3) is 0.458. The summed E-state index contributed by atoms with van der Waals surface area (Å²) in [4.78, 5) is 33.2. The zero-order valence-electron chi connectivity index (χ0n) is 19.5. The van der Waals surface area contributed by atoms with E-state index in [2.05, 4.69) is 21.5 Å². The number of nitrogens with zero attached hydrogens (tertiary/aromatic N) is 4. The minimum absolute atomic E-state index is 0.0716. The number of carbonyl (C=O) groups is 2. The number of aromatic nitrogens is 1. The minimum Gasteiger partial charge on any atom is -0.478 e. The fourth-order valence-corrected chi connectivity index (χ4v) is 4.96. The molecule has 0 bridgehead atoms. The Kier molecular flexibility index (Phi) is 6.09. The topological polar surface area (TPSA) is 87.2 Å². The van der Waals surface area contributed by atoms with E-state index in [1.807, 2.05) is 19.1 Å². The average molecular weight is 486 g/mol. The molecule has 1 unspecified atom stereocenters. The summed E-state index contributed by atoms with van der Waals surface area (Å²) >= 11 is 6.06. The second-order valence-corrected chi connectivity index (χ2v) is 9.50. The Labute approximate surface area is 203 Å². The standard InChI is InChI=1S/C24H28ClN5O4/c1-14-12-28(24(32)34-22-9-18(25)11-26-23(22)33-3)21-8-16(4-7-20(21)30(14)15(2)31)17-10-27-29(13-17)19-5-6-19/h4,7-9,11,14,17,19,27H,5-6,10,12-13H2,1-3H3/t14-,17?/m0/s1. The van der Waals surface area contributed by atoms with Gasteiger partial charge in [0.1, 0.15) is 0 Å². The van der Waals surface area contributed by atoms with Crippen LogP contribution in [0.3, 0.4) is 0 Å². The highest BCUT2D eigenvalue weighted by molar-refractivity contribution is 6.30. The molecule has 3 aliphatic rings. The van der Waals surface area contributed by atoms with Crippen molar-refractivity contribution in [3.8, 4) is 11.6 Å². The van der Waals surface area contributed by atoms with Gasteiger partial charge in [0.15, 0.2) is 5.75 Å². The van der Waals surface area contributed by atoms with Gasteiger partial charge in [0.05, 0.1) is 29.5 Å². The lowest BCUT2D eigenvalue weighted by molar-refractivity contribution is -0.117. The van der Waals surface area contributed by atoms with Gasteiger partial charge in [-0.15, -0.1) is 0 Å². The zero-order chi connectivity index (χ0) is 24.0. The van der Waals surface area contributed by atoms with Crippen LogP contribution in [0.5, 0.6) is 11.6 Å². The summed E-state index contributed by atoms with van der Waals surface area (Å²) in [5.74, 6) is 0.530. The van der Waals surface area contributed by atoms with E-state index in [1.54, 1.807) is 16.7 Å². The number of halogens is 1. The number of benzene rings is 1. The van der Waals surface area contributed by atoms with Crippen molar-refractivity contribution < 1.29 is 19.1 Å². The first-order chi connectivity index (χ1) is 16.4. The van der Waals surface area contributed by atoms with Crippen LogP contribution in [0, 0.1) is 0 Å². The molecular formula is C24H28ClN5O4. The van der Waals surface area contributed by atoms with Crippen LogP contribution in [0.2, 0.25) is 5.02 Å². The van der Waals surface area contributed by atoms with E-state index < -0.39 is 6.09 Å². The molecule has 9 nitrogen and oxygen atoms in total. The van der Waals surface area contributed by atoms with Crippen LogP contribution in [0.25, 0.3) is 0 Å². The second kappa shape index (κ2) is 9.05. The molecule has 2 fully saturated rings. The molecule has 180 valence electrons. The maximum absolute atomic E-state index is 13.4. The SMILES string of the molecule is COc1ncc(Cl)cc1OC(=O)N1C[C@H](C)N(C(C)=O)c2ccc(C3CNN(C4CC4)C3)cc21. The molecule has 1 aliphatic carbocycles. The van der Waals surface area contributed by atoms with Gasteiger partial charge in [-0.05, 0) is 37.5 Å². The molecule has 2 aliphatic heterocycles. The number of hydrogen-bond donors (Lipinski definition) is 1.